The standard InChI is InChI=1S/C35H54N8O5/c1-8-11-28(41-35(48)30(23(6)9-2)43-32(45)26-14-18-37-19-15-26)33(46)40-27(20-25-12-16-36-17-13-25)21-39-24(7)31(44)42-29(22(4)5)34(47)38-10-3/h12-19,22-24,27-30,39H,8-11,20-21H2,1-7H3,(H,38,47)(H,40,46)(H,41,48)(H,42,44)(H,43,45)/t23?,24-,27?,28-,29?,30?/m0/s1. The minimum Gasteiger partial charge on any atom is -0.355 e. The Kier molecular flexibility index (Phi) is 17.2. The highest BCUT2D eigenvalue weighted by Gasteiger charge is 2.31. The number of pyridine rings is 2. The van der Waals surface area contributed by atoms with Crippen LogP contribution < -0.4 is 31.9 Å². The second-order valence-electron chi connectivity index (χ2n) is 12.4. The van der Waals surface area contributed by atoms with Gasteiger partial charge in [0.2, 0.25) is 23.6 Å². The summed E-state index contributed by atoms with van der Waals surface area (Å²) in [5, 5.41) is 17.6. The van der Waals surface area contributed by atoms with E-state index >= 15 is 0 Å². The number of rotatable bonds is 20. The maximum atomic E-state index is 13.7. The van der Waals surface area contributed by atoms with Gasteiger partial charge in [-0.1, -0.05) is 47.5 Å². The van der Waals surface area contributed by atoms with E-state index in [1.807, 2.05) is 53.7 Å². The van der Waals surface area contributed by atoms with Crippen molar-refractivity contribution in [3.05, 3.63) is 60.2 Å². The second-order valence-corrected chi connectivity index (χ2v) is 12.4. The molecule has 0 bridgehead atoms. The Hall–Kier alpha value is -4.39. The molecule has 264 valence electrons. The zero-order chi connectivity index (χ0) is 35.6. The first kappa shape index (κ1) is 39.8. The quantitative estimate of drug-likeness (QED) is 0.124. The lowest BCUT2D eigenvalue weighted by Crippen LogP contribution is -2.58. The molecule has 2 aromatic rings. The Morgan fingerprint density at radius 3 is 1.90 bits per heavy atom. The predicted octanol–water partition coefficient (Wildman–Crippen LogP) is 1.89. The lowest BCUT2D eigenvalue weighted by Gasteiger charge is -2.28. The fraction of sp³-hybridized carbons (Fsp3) is 0.571. The predicted molar refractivity (Wildman–Crippen MR) is 185 cm³/mol. The molecule has 0 aliphatic heterocycles. The second kappa shape index (κ2) is 20.8. The van der Waals surface area contributed by atoms with Crippen LogP contribution in [0.4, 0.5) is 0 Å². The molecule has 6 N–H and O–H groups in total. The molecule has 0 fully saturated rings. The average Bonchev–Trinajstić information content (AvgIpc) is 3.08. The van der Waals surface area contributed by atoms with Crippen molar-refractivity contribution in [2.45, 2.75) is 104 Å². The van der Waals surface area contributed by atoms with Crippen molar-refractivity contribution < 1.29 is 24.0 Å². The summed E-state index contributed by atoms with van der Waals surface area (Å²) in [5.74, 6) is -2.10. The number of nitrogens with zero attached hydrogens (tertiary/aromatic N) is 2. The summed E-state index contributed by atoms with van der Waals surface area (Å²) < 4.78 is 0. The zero-order valence-electron chi connectivity index (χ0n) is 29.3. The molecule has 2 rings (SSSR count). The van der Waals surface area contributed by atoms with Crippen molar-refractivity contribution in [2.24, 2.45) is 11.8 Å². The van der Waals surface area contributed by atoms with Gasteiger partial charge in [0.25, 0.3) is 5.91 Å². The van der Waals surface area contributed by atoms with E-state index in [0.29, 0.717) is 37.8 Å². The number of likely N-dealkylation sites (N-methyl/N-ethyl adjacent to an activating group) is 1. The van der Waals surface area contributed by atoms with Gasteiger partial charge in [0.1, 0.15) is 18.1 Å². The largest absolute Gasteiger partial charge is 0.355 e. The molecule has 0 aliphatic rings. The maximum Gasteiger partial charge on any atom is 0.252 e. The molecule has 6 atom stereocenters. The zero-order valence-corrected chi connectivity index (χ0v) is 29.3. The van der Waals surface area contributed by atoms with Crippen molar-refractivity contribution in [2.75, 3.05) is 13.1 Å². The molecule has 0 aromatic carbocycles. The molecular formula is C35H54N8O5. The van der Waals surface area contributed by atoms with Crippen molar-refractivity contribution in [3.8, 4) is 0 Å². The Morgan fingerprint density at radius 2 is 1.33 bits per heavy atom. The molecule has 4 unspecified atom stereocenters. The Bertz CT molecular complexity index is 1310. The minimum absolute atomic E-state index is 0.110. The first-order valence-corrected chi connectivity index (χ1v) is 16.9. The van der Waals surface area contributed by atoms with Gasteiger partial charge in [0.05, 0.1) is 6.04 Å². The molecule has 13 heteroatoms. The summed E-state index contributed by atoms with van der Waals surface area (Å²) in [6, 6.07) is 3.34. The lowest BCUT2D eigenvalue weighted by atomic mass is 9.97. The van der Waals surface area contributed by atoms with Crippen molar-refractivity contribution in [1.29, 1.82) is 0 Å². The summed E-state index contributed by atoms with van der Waals surface area (Å²) in [4.78, 5) is 73.8. The third kappa shape index (κ3) is 13.0. The topological polar surface area (TPSA) is 183 Å². The van der Waals surface area contributed by atoms with E-state index in [4.69, 9.17) is 0 Å². The minimum atomic E-state index is -0.856. The molecular weight excluding hydrogens is 612 g/mol. The average molecular weight is 667 g/mol. The van der Waals surface area contributed by atoms with Gasteiger partial charge in [-0.25, -0.2) is 0 Å². The van der Waals surface area contributed by atoms with Gasteiger partial charge < -0.3 is 31.9 Å². The van der Waals surface area contributed by atoms with E-state index in [9.17, 15) is 24.0 Å². The lowest BCUT2D eigenvalue weighted by molar-refractivity contribution is -0.131. The fourth-order valence-electron chi connectivity index (χ4n) is 5.04. The third-order valence-corrected chi connectivity index (χ3v) is 8.17. The Balaban J connectivity index is 2.17. The highest BCUT2D eigenvalue weighted by molar-refractivity contribution is 5.98. The van der Waals surface area contributed by atoms with E-state index in [0.717, 1.165) is 5.56 Å². The molecule has 0 radical (unpaired) electrons. The van der Waals surface area contributed by atoms with Gasteiger partial charge in [-0.15, -0.1) is 0 Å². The van der Waals surface area contributed by atoms with Crippen molar-refractivity contribution >= 4 is 29.5 Å². The number of carbonyl (C=O) groups excluding carboxylic acids is 5. The summed E-state index contributed by atoms with van der Waals surface area (Å²) in [5.41, 5.74) is 1.31. The van der Waals surface area contributed by atoms with Gasteiger partial charge in [-0.05, 0) is 68.4 Å². The Morgan fingerprint density at radius 1 is 0.708 bits per heavy atom. The number of aromatic nitrogens is 2. The molecule has 2 heterocycles. The van der Waals surface area contributed by atoms with Crippen LogP contribution in [0.1, 0.15) is 83.7 Å². The molecule has 0 aliphatic carbocycles. The fourth-order valence-corrected chi connectivity index (χ4v) is 5.04. The molecule has 0 saturated carbocycles. The maximum absolute atomic E-state index is 13.7. The van der Waals surface area contributed by atoms with Crippen LogP contribution >= 0.6 is 0 Å². The van der Waals surface area contributed by atoms with Crippen LogP contribution in [0.25, 0.3) is 0 Å². The SMILES string of the molecule is CCC[C@H](NC(=O)C(NC(=O)c1ccncc1)C(C)CC)C(=O)NC(CN[C@@H](C)C(=O)NC(C(=O)NCC)C(C)C)Cc1ccncc1. The van der Waals surface area contributed by atoms with Crippen LogP contribution in [-0.2, 0) is 25.6 Å². The molecule has 48 heavy (non-hydrogen) atoms. The number of amides is 5. The van der Waals surface area contributed by atoms with Crippen LogP contribution in [0.15, 0.2) is 49.1 Å². The van der Waals surface area contributed by atoms with Gasteiger partial charge >= 0.3 is 0 Å². The number of carbonyl (C=O) groups is 5. The van der Waals surface area contributed by atoms with Crippen molar-refractivity contribution in [1.82, 2.24) is 41.9 Å². The van der Waals surface area contributed by atoms with E-state index < -0.39 is 42.0 Å². The molecule has 2 aromatic heterocycles. The van der Waals surface area contributed by atoms with Gasteiger partial charge in [-0.2, -0.15) is 0 Å². The van der Waals surface area contributed by atoms with Crippen LogP contribution in [0.3, 0.4) is 0 Å². The highest BCUT2D eigenvalue weighted by Crippen LogP contribution is 2.12. The number of hydrogen-bond donors (Lipinski definition) is 6. The van der Waals surface area contributed by atoms with Crippen molar-refractivity contribution in [3.63, 3.8) is 0 Å². The third-order valence-electron chi connectivity index (χ3n) is 8.17. The molecule has 5 amide bonds. The van der Waals surface area contributed by atoms with Crippen LogP contribution in [0.2, 0.25) is 0 Å². The van der Waals surface area contributed by atoms with Crippen LogP contribution in [0, 0.1) is 11.8 Å². The summed E-state index contributed by atoms with van der Waals surface area (Å²) in [6.45, 7) is 13.7. The number of hydrogen-bond acceptors (Lipinski definition) is 8. The molecule has 0 saturated heterocycles. The van der Waals surface area contributed by atoms with E-state index in [1.165, 1.54) is 12.4 Å². The first-order valence-electron chi connectivity index (χ1n) is 16.9. The van der Waals surface area contributed by atoms with E-state index in [-0.39, 0.29) is 36.1 Å². The summed E-state index contributed by atoms with van der Waals surface area (Å²) in [7, 11) is 0. The number of nitrogens with one attached hydrogen (secondary N) is 6. The van der Waals surface area contributed by atoms with Crippen LogP contribution in [0.5, 0.6) is 0 Å². The van der Waals surface area contributed by atoms with E-state index in [1.54, 1.807) is 31.5 Å². The molecule has 0 spiro atoms. The monoisotopic (exact) mass is 666 g/mol. The molecule has 13 nitrogen and oxygen atoms in total. The summed E-state index contributed by atoms with van der Waals surface area (Å²) in [6.07, 6.45) is 8.43. The van der Waals surface area contributed by atoms with Gasteiger partial charge in [0.15, 0.2) is 0 Å². The normalized spacial score (nSPS) is 14.8. The smallest absolute Gasteiger partial charge is 0.252 e. The van der Waals surface area contributed by atoms with Gasteiger partial charge in [-0.3, -0.25) is 33.9 Å². The first-order chi connectivity index (χ1) is 22.9. The Labute approximate surface area is 284 Å². The van der Waals surface area contributed by atoms with Crippen LogP contribution in [-0.4, -0.2) is 82.8 Å². The van der Waals surface area contributed by atoms with E-state index in [2.05, 4.69) is 41.9 Å². The van der Waals surface area contributed by atoms with Gasteiger partial charge in [0, 0.05) is 49.5 Å². The summed E-state index contributed by atoms with van der Waals surface area (Å²) >= 11 is 0. The highest BCUT2D eigenvalue weighted by atomic mass is 16.2.